The topological polar surface area (TPSA) is 62.2 Å². The highest BCUT2D eigenvalue weighted by atomic mass is 19.1. The van der Waals surface area contributed by atoms with Gasteiger partial charge in [0, 0.05) is 18.1 Å². The van der Waals surface area contributed by atoms with Crippen LogP contribution in [0.4, 0.5) is 4.39 Å². The number of amides is 1. The molecule has 1 saturated carbocycles. The maximum atomic E-state index is 13.7. The SMILES string of the molecule is O=C(NCC1CCCC(O)C1)c1cc(F)cc2cccnc12. The average molecular weight is 302 g/mol. The summed E-state index contributed by atoms with van der Waals surface area (Å²) in [4.78, 5) is 16.5. The zero-order valence-electron chi connectivity index (χ0n) is 12.3. The minimum Gasteiger partial charge on any atom is -0.393 e. The van der Waals surface area contributed by atoms with Crippen LogP contribution in [0.2, 0.25) is 0 Å². The molecular weight excluding hydrogens is 283 g/mol. The Hall–Kier alpha value is -2.01. The number of carbonyl (C=O) groups is 1. The van der Waals surface area contributed by atoms with Crippen molar-refractivity contribution in [1.29, 1.82) is 0 Å². The Balaban J connectivity index is 1.75. The molecule has 3 rings (SSSR count). The zero-order chi connectivity index (χ0) is 15.5. The molecule has 2 N–H and O–H groups in total. The molecule has 0 spiro atoms. The van der Waals surface area contributed by atoms with E-state index in [-0.39, 0.29) is 23.5 Å². The number of pyridine rings is 1. The fourth-order valence-corrected chi connectivity index (χ4v) is 3.11. The molecule has 1 aromatic heterocycles. The van der Waals surface area contributed by atoms with Crippen molar-refractivity contribution in [2.45, 2.75) is 31.8 Å². The molecule has 2 aromatic rings. The number of rotatable bonds is 3. The van der Waals surface area contributed by atoms with E-state index in [2.05, 4.69) is 10.3 Å². The van der Waals surface area contributed by atoms with E-state index in [0.29, 0.717) is 23.9 Å². The Morgan fingerprint density at radius 2 is 2.27 bits per heavy atom. The van der Waals surface area contributed by atoms with Crippen LogP contribution in [0.1, 0.15) is 36.0 Å². The van der Waals surface area contributed by atoms with Gasteiger partial charge in [0.15, 0.2) is 0 Å². The van der Waals surface area contributed by atoms with Crippen LogP contribution in [0.25, 0.3) is 10.9 Å². The second-order valence-corrected chi connectivity index (χ2v) is 5.92. The van der Waals surface area contributed by atoms with Gasteiger partial charge in [-0.05, 0) is 43.4 Å². The van der Waals surface area contributed by atoms with E-state index in [0.717, 1.165) is 19.3 Å². The zero-order valence-corrected chi connectivity index (χ0v) is 12.3. The van der Waals surface area contributed by atoms with Crippen molar-refractivity contribution in [2.24, 2.45) is 5.92 Å². The molecule has 0 radical (unpaired) electrons. The molecule has 2 atom stereocenters. The number of aromatic nitrogens is 1. The van der Waals surface area contributed by atoms with E-state index in [1.807, 2.05) is 0 Å². The summed E-state index contributed by atoms with van der Waals surface area (Å²) in [7, 11) is 0. The maximum absolute atomic E-state index is 13.7. The van der Waals surface area contributed by atoms with E-state index in [4.69, 9.17) is 0 Å². The molecule has 1 aromatic carbocycles. The van der Waals surface area contributed by atoms with Crippen LogP contribution < -0.4 is 5.32 Å². The van der Waals surface area contributed by atoms with Crippen molar-refractivity contribution >= 4 is 16.8 Å². The van der Waals surface area contributed by atoms with Gasteiger partial charge in [0.05, 0.1) is 17.2 Å². The number of hydrogen-bond acceptors (Lipinski definition) is 3. The number of halogens is 1. The van der Waals surface area contributed by atoms with Crippen LogP contribution in [0, 0.1) is 11.7 Å². The summed E-state index contributed by atoms with van der Waals surface area (Å²) in [5.41, 5.74) is 0.761. The van der Waals surface area contributed by atoms with Gasteiger partial charge in [-0.15, -0.1) is 0 Å². The maximum Gasteiger partial charge on any atom is 0.253 e. The highest BCUT2D eigenvalue weighted by Crippen LogP contribution is 2.24. The van der Waals surface area contributed by atoms with Gasteiger partial charge < -0.3 is 10.4 Å². The quantitative estimate of drug-likeness (QED) is 0.916. The Kier molecular flexibility index (Phi) is 4.34. The fraction of sp³-hybridized carbons (Fsp3) is 0.412. The first-order valence-corrected chi connectivity index (χ1v) is 7.64. The van der Waals surface area contributed by atoms with Crippen molar-refractivity contribution in [3.05, 3.63) is 41.8 Å². The number of carbonyl (C=O) groups excluding carboxylic acids is 1. The number of benzene rings is 1. The van der Waals surface area contributed by atoms with E-state index in [9.17, 15) is 14.3 Å². The van der Waals surface area contributed by atoms with E-state index in [1.54, 1.807) is 18.3 Å². The second-order valence-electron chi connectivity index (χ2n) is 5.92. The first-order chi connectivity index (χ1) is 10.6. The van der Waals surface area contributed by atoms with Crippen LogP contribution in [0.5, 0.6) is 0 Å². The van der Waals surface area contributed by atoms with Crippen LogP contribution in [-0.4, -0.2) is 28.6 Å². The third-order valence-electron chi connectivity index (χ3n) is 4.22. The van der Waals surface area contributed by atoms with Crippen LogP contribution in [-0.2, 0) is 0 Å². The summed E-state index contributed by atoms with van der Waals surface area (Å²) < 4.78 is 13.7. The lowest BCUT2D eigenvalue weighted by Crippen LogP contribution is -2.33. The number of nitrogens with one attached hydrogen (secondary N) is 1. The standard InChI is InChI=1S/C17H19FN2O2/c18-13-8-12-4-2-6-19-16(12)15(9-13)17(22)20-10-11-3-1-5-14(21)7-11/h2,4,6,8-9,11,14,21H,1,3,5,7,10H2,(H,20,22). The fourth-order valence-electron chi connectivity index (χ4n) is 3.11. The molecule has 5 heteroatoms. The molecule has 2 unspecified atom stereocenters. The van der Waals surface area contributed by atoms with Gasteiger partial charge in [0.1, 0.15) is 5.82 Å². The smallest absolute Gasteiger partial charge is 0.253 e. The third kappa shape index (κ3) is 3.25. The highest BCUT2D eigenvalue weighted by Gasteiger charge is 2.21. The molecule has 0 aliphatic heterocycles. The van der Waals surface area contributed by atoms with Crippen molar-refractivity contribution in [3.63, 3.8) is 0 Å². The monoisotopic (exact) mass is 302 g/mol. The molecule has 22 heavy (non-hydrogen) atoms. The first kappa shape index (κ1) is 14.9. The summed E-state index contributed by atoms with van der Waals surface area (Å²) in [6.07, 6.45) is 4.85. The predicted octanol–water partition coefficient (Wildman–Crippen LogP) is 2.65. The van der Waals surface area contributed by atoms with E-state index >= 15 is 0 Å². The van der Waals surface area contributed by atoms with Gasteiger partial charge in [-0.2, -0.15) is 0 Å². The normalized spacial score (nSPS) is 21.7. The van der Waals surface area contributed by atoms with Gasteiger partial charge in [0.2, 0.25) is 0 Å². The first-order valence-electron chi connectivity index (χ1n) is 7.64. The minimum absolute atomic E-state index is 0.256. The highest BCUT2D eigenvalue weighted by molar-refractivity contribution is 6.05. The molecule has 1 amide bonds. The summed E-state index contributed by atoms with van der Waals surface area (Å²) >= 11 is 0. The lowest BCUT2D eigenvalue weighted by molar-refractivity contribution is 0.0874. The number of fused-ring (bicyclic) bond motifs is 1. The molecule has 4 nitrogen and oxygen atoms in total. The number of nitrogens with zero attached hydrogens (tertiary/aromatic N) is 1. The van der Waals surface area contributed by atoms with Crippen molar-refractivity contribution in [3.8, 4) is 0 Å². The van der Waals surface area contributed by atoms with Crippen LogP contribution in [0.15, 0.2) is 30.5 Å². The van der Waals surface area contributed by atoms with Gasteiger partial charge >= 0.3 is 0 Å². The lowest BCUT2D eigenvalue weighted by atomic mass is 9.87. The van der Waals surface area contributed by atoms with Crippen LogP contribution >= 0.6 is 0 Å². The molecule has 1 aliphatic carbocycles. The van der Waals surface area contributed by atoms with Gasteiger partial charge in [-0.25, -0.2) is 4.39 Å². The Morgan fingerprint density at radius 1 is 1.41 bits per heavy atom. The van der Waals surface area contributed by atoms with Crippen molar-refractivity contribution < 1.29 is 14.3 Å². The van der Waals surface area contributed by atoms with Gasteiger partial charge in [0.25, 0.3) is 5.91 Å². The van der Waals surface area contributed by atoms with Gasteiger partial charge in [-0.1, -0.05) is 12.5 Å². The number of aliphatic hydroxyl groups is 1. The summed E-state index contributed by atoms with van der Waals surface area (Å²) in [5, 5.41) is 13.1. The van der Waals surface area contributed by atoms with Gasteiger partial charge in [-0.3, -0.25) is 9.78 Å². The number of hydrogen-bond donors (Lipinski definition) is 2. The minimum atomic E-state index is -0.446. The summed E-state index contributed by atoms with van der Waals surface area (Å²) in [6, 6.07) is 6.05. The predicted molar refractivity (Wildman–Crippen MR) is 82.0 cm³/mol. The molecule has 1 heterocycles. The molecule has 116 valence electrons. The largest absolute Gasteiger partial charge is 0.393 e. The Morgan fingerprint density at radius 3 is 3.09 bits per heavy atom. The van der Waals surface area contributed by atoms with Crippen molar-refractivity contribution in [2.75, 3.05) is 6.54 Å². The van der Waals surface area contributed by atoms with Crippen LogP contribution in [0.3, 0.4) is 0 Å². The molecule has 1 aliphatic rings. The molecule has 0 bridgehead atoms. The molecule has 0 saturated heterocycles. The molecule has 1 fully saturated rings. The summed E-state index contributed by atoms with van der Waals surface area (Å²) in [6.45, 7) is 0.501. The second kappa shape index (κ2) is 6.40. The Bertz CT molecular complexity index is 689. The number of aliphatic hydroxyl groups excluding tert-OH is 1. The molecular formula is C17H19FN2O2. The van der Waals surface area contributed by atoms with Crippen molar-refractivity contribution in [1.82, 2.24) is 10.3 Å². The third-order valence-corrected chi connectivity index (χ3v) is 4.22. The van der Waals surface area contributed by atoms with E-state index < -0.39 is 5.82 Å². The average Bonchev–Trinajstić information content (AvgIpc) is 2.52. The van der Waals surface area contributed by atoms with E-state index in [1.165, 1.54) is 12.1 Å². The summed E-state index contributed by atoms with van der Waals surface area (Å²) in [5.74, 6) is -0.484. The Labute approximate surface area is 128 Å². The lowest BCUT2D eigenvalue weighted by Gasteiger charge is -2.25.